The summed E-state index contributed by atoms with van der Waals surface area (Å²) in [6.45, 7) is 0. The lowest BCUT2D eigenvalue weighted by Gasteiger charge is -2.16. The number of halogens is 4. The Kier molecular flexibility index (Phi) is 3.77. The molecule has 18 heavy (non-hydrogen) atoms. The van der Waals surface area contributed by atoms with Crippen LogP contribution in [0.25, 0.3) is 0 Å². The van der Waals surface area contributed by atoms with E-state index in [1.807, 2.05) is 0 Å². The number of carbonyl (C=O) groups excluding carboxylic acids is 1. The maximum absolute atomic E-state index is 13.2. The van der Waals surface area contributed by atoms with Crippen LogP contribution in [0.4, 0.5) is 23.2 Å². The lowest BCUT2D eigenvalue weighted by Crippen LogP contribution is -2.19. The van der Waals surface area contributed by atoms with E-state index >= 15 is 0 Å². The molecule has 0 saturated carbocycles. The molecule has 100 valence electrons. The summed E-state index contributed by atoms with van der Waals surface area (Å²) >= 11 is 0. The standard InChI is InChI=1S/C9H7F4NO4/c1-18-8(15)4-2-6(10)5(9(11,12)13)3-7(4)14(16)17/h2-3,16-17H,1H3. The van der Waals surface area contributed by atoms with Gasteiger partial charge in [-0.25, -0.2) is 9.18 Å². The van der Waals surface area contributed by atoms with E-state index in [1.54, 1.807) is 0 Å². The van der Waals surface area contributed by atoms with Gasteiger partial charge in [0.1, 0.15) is 11.5 Å². The highest BCUT2D eigenvalue weighted by molar-refractivity contribution is 5.95. The number of anilines is 1. The van der Waals surface area contributed by atoms with Crippen molar-refractivity contribution in [2.45, 2.75) is 6.18 Å². The van der Waals surface area contributed by atoms with Gasteiger partial charge < -0.3 is 4.74 Å². The summed E-state index contributed by atoms with van der Waals surface area (Å²) in [4.78, 5) is 11.1. The maximum atomic E-state index is 13.2. The molecule has 5 nitrogen and oxygen atoms in total. The van der Waals surface area contributed by atoms with Gasteiger partial charge >= 0.3 is 12.1 Å². The monoisotopic (exact) mass is 269 g/mol. The van der Waals surface area contributed by atoms with Crippen molar-refractivity contribution < 1.29 is 37.5 Å². The molecule has 0 heterocycles. The lowest BCUT2D eigenvalue weighted by molar-refractivity contribution is -0.140. The van der Waals surface area contributed by atoms with Gasteiger partial charge in [-0.2, -0.15) is 13.2 Å². The second-order valence-electron chi connectivity index (χ2n) is 3.13. The predicted molar refractivity (Wildman–Crippen MR) is 48.8 cm³/mol. The highest BCUT2D eigenvalue weighted by atomic mass is 19.4. The van der Waals surface area contributed by atoms with Crippen LogP contribution in [0.15, 0.2) is 12.1 Å². The number of alkyl halides is 3. The quantitative estimate of drug-likeness (QED) is 0.489. The van der Waals surface area contributed by atoms with Gasteiger partial charge in [0.05, 0.1) is 18.2 Å². The fourth-order valence-electron chi connectivity index (χ4n) is 1.22. The average molecular weight is 269 g/mol. The SMILES string of the molecule is COC(=O)c1cc(F)c(C(F)(F)F)cc1N(O)O. The van der Waals surface area contributed by atoms with Crippen molar-refractivity contribution in [3.8, 4) is 0 Å². The minimum absolute atomic E-state index is 0.0849. The summed E-state index contributed by atoms with van der Waals surface area (Å²) < 4.78 is 54.5. The molecule has 9 heteroatoms. The molecule has 0 spiro atoms. The van der Waals surface area contributed by atoms with Gasteiger partial charge in [0.2, 0.25) is 0 Å². The third kappa shape index (κ3) is 2.68. The zero-order valence-corrected chi connectivity index (χ0v) is 8.82. The molecular weight excluding hydrogens is 262 g/mol. The van der Waals surface area contributed by atoms with Gasteiger partial charge in [-0.15, -0.1) is 5.23 Å². The van der Waals surface area contributed by atoms with Gasteiger partial charge in [0, 0.05) is 0 Å². The molecule has 0 aromatic heterocycles. The zero-order valence-electron chi connectivity index (χ0n) is 8.82. The first-order chi connectivity index (χ1) is 8.18. The van der Waals surface area contributed by atoms with E-state index in [0.29, 0.717) is 0 Å². The fraction of sp³-hybridized carbons (Fsp3) is 0.222. The minimum Gasteiger partial charge on any atom is -0.465 e. The smallest absolute Gasteiger partial charge is 0.419 e. The summed E-state index contributed by atoms with van der Waals surface area (Å²) in [5.41, 5.74) is -3.44. The molecule has 1 aromatic carbocycles. The van der Waals surface area contributed by atoms with Crippen LogP contribution in [0, 0.1) is 5.82 Å². The number of ether oxygens (including phenoxy) is 1. The molecule has 2 N–H and O–H groups in total. The molecule has 0 amide bonds. The van der Waals surface area contributed by atoms with Crippen molar-refractivity contribution in [2.24, 2.45) is 0 Å². The summed E-state index contributed by atoms with van der Waals surface area (Å²) in [7, 11) is 0.904. The molecule has 0 bridgehead atoms. The third-order valence-electron chi connectivity index (χ3n) is 2.01. The highest BCUT2D eigenvalue weighted by Gasteiger charge is 2.36. The van der Waals surface area contributed by atoms with Crippen LogP contribution in [0.1, 0.15) is 15.9 Å². The van der Waals surface area contributed by atoms with Crippen LogP contribution < -0.4 is 5.23 Å². The van der Waals surface area contributed by atoms with E-state index in [4.69, 9.17) is 10.4 Å². The Morgan fingerprint density at radius 3 is 2.28 bits per heavy atom. The second kappa shape index (κ2) is 4.78. The predicted octanol–water partition coefficient (Wildman–Crippen LogP) is 2.22. The summed E-state index contributed by atoms with van der Waals surface area (Å²) in [6, 6.07) is 0.297. The summed E-state index contributed by atoms with van der Waals surface area (Å²) in [5.74, 6) is -2.95. The number of hydrogen-bond donors (Lipinski definition) is 2. The molecular formula is C9H7F4NO4. The molecule has 1 aromatic rings. The Balaban J connectivity index is 3.49. The Morgan fingerprint density at radius 1 is 1.33 bits per heavy atom. The van der Waals surface area contributed by atoms with Crippen LogP contribution in [0.2, 0.25) is 0 Å². The highest BCUT2D eigenvalue weighted by Crippen LogP contribution is 2.35. The first-order valence-corrected chi connectivity index (χ1v) is 4.35. The number of esters is 1. The largest absolute Gasteiger partial charge is 0.465 e. The Bertz CT molecular complexity index is 472. The van der Waals surface area contributed by atoms with Gasteiger partial charge in [-0.1, -0.05) is 0 Å². The van der Waals surface area contributed by atoms with Crippen molar-refractivity contribution in [1.29, 1.82) is 0 Å². The number of methoxy groups -OCH3 is 1. The molecule has 0 aliphatic rings. The van der Waals surface area contributed by atoms with Crippen LogP contribution in [-0.2, 0) is 10.9 Å². The molecule has 0 radical (unpaired) electrons. The van der Waals surface area contributed by atoms with E-state index in [2.05, 4.69) is 4.74 Å². The molecule has 0 aliphatic heterocycles. The van der Waals surface area contributed by atoms with Crippen LogP contribution in [-0.4, -0.2) is 23.5 Å². The van der Waals surface area contributed by atoms with E-state index in [9.17, 15) is 22.4 Å². The molecule has 0 aliphatic carbocycles. The zero-order chi connectivity index (χ0) is 14.1. The molecule has 0 unspecified atom stereocenters. The third-order valence-corrected chi connectivity index (χ3v) is 2.01. The lowest BCUT2D eigenvalue weighted by atomic mass is 10.1. The van der Waals surface area contributed by atoms with E-state index < -0.39 is 40.0 Å². The summed E-state index contributed by atoms with van der Waals surface area (Å²) in [6.07, 6.45) is -5.04. The van der Waals surface area contributed by atoms with Gasteiger partial charge in [-0.05, 0) is 12.1 Å². The molecule has 0 atom stereocenters. The first kappa shape index (κ1) is 14.2. The molecule has 1 rings (SSSR count). The second-order valence-corrected chi connectivity index (χ2v) is 3.13. The van der Waals surface area contributed by atoms with Gasteiger partial charge in [-0.3, -0.25) is 10.4 Å². The first-order valence-electron chi connectivity index (χ1n) is 4.35. The number of hydrogen-bond acceptors (Lipinski definition) is 5. The van der Waals surface area contributed by atoms with Gasteiger partial charge in [0.25, 0.3) is 0 Å². The molecule has 0 saturated heterocycles. The number of carbonyl (C=O) groups is 1. The van der Waals surface area contributed by atoms with Crippen molar-refractivity contribution in [3.05, 3.63) is 29.1 Å². The van der Waals surface area contributed by atoms with Crippen LogP contribution in [0.3, 0.4) is 0 Å². The van der Waals surface area contributed by atoms with Crippen LogP contribution in [0.5, 0.6) is 0 Å². The number of nitrogens with zero attached hydrogens (tertiary/aromatic N) is 1. The van der Waals surface area contributed by atoms with E-state index in [1.165, 1.54) is 0 Å². The summed E-state index contributed by atoms with van der Waals surface area (Å²) in [5, 5.41) is 16.7. The van der Waals surface area contributed by atoms with E-state index in [-0.39, 0.29) is 12.1 Å². The normalized spacial score (nSPS) is 11.3. The number of rotatable bonds is 2. The molecule has 0 fully saturated rings. The number of benzene rings is 1. The Labute approximate surface area is 97.7 Å². The van der Waals surface area contributed by atoms with Crippen LogP contribution >= 0.6 is 0 Å². The topological polar surface area (TPSA) is 70.0 Å². The van der Waals surface area contributed by atoms with E-state index in [0.717, 1.165) is 7.11 Å². The van der Waals surface area contributed by atoms with Gasteiger partial charge in [0.15, 0.2) is 0 Å². The van der Waals surface area contributed by atoms with Crippen molar-refractivity contribution in [2.75, 3.05) is 12.3 Å². The van der Waals surface area contributed by atoms with Crippen molar-refractivity contribution in [3.63, 3.8) is 0 Å². The minimum atomic E-state index is -5.04. The Hall–Kier alpha value is -1.87. The Morgan fingerprint density at radius 2 is 1.89 bits per heavy atom. The maximum Gasteiger partial charge on any atom is 0.419 e. The average Bonchev–Trinajstić information content (AvgIpc) is 2.25. The fourth-order valence-corrected chi connectivity index (χ4v) is 1.22. The van der Waals surface area contributed by atoms with Crippen molar-refractivity contribution in [1.82, 2.24) is 0 Å². The van der Waals surface area contributed by atoms with Crippen molar-refractivity contribution >= 4 is 11.7 Å².